The Morgan fingerprint density at radius 1 is 0.339 bits per heavy atom. The molecule has 350 valence electrons. The van der Waals surface area contributed by atoms with E-state index in [0.29, 0.717) is 19.3 Å². The Labute approximate surface area is 368 Å². The first kappa shape index (κ1) is 57.4. The SMILES string of the molecule is CCCCCCCCCCCCCCCCCCCCCC(=O)OC[C@H](COC(=O)CCCCCCCCCCCC)OC(=O)CCCCCCCCCCC(C)CC. The number of rotatable bonds is 48. The van der Waals surface area contributed by atoms with Crippen LogP contribution in [-0.2, 0) is 28.6 Å². The van der Waals surface area contributed by atoms with Crippen molar-refractivity contribution in [3.05, 3.63) is 0 Å². The van der Waals surface area contributed by atoms with E-state index in [1.807, 2.05) is 0 Å². The highest BCUT2D eigenvalue weighted by Gasteiger charge is 2.19. The van der Waals surface area contributed by atoms with Gasteiger partial charge >= 0.3 is 17.9 Å². The van der Waals surface area contributed by atoms with Crippen molar-refractivity contribution in [2.45, 2.75) is 303 Å². The van der Waals surface area contributed by atoms with Crippen molar-refractivity contribution in [2.75, 3.05) is 13.2 Å². The lowest BCUT2D eigenvalue weighted by Gasteiger charge is -2.18. The molecule has 0 N–H and O–H groups in total. The molecule has 0 aliphatic heterocycles. The lowest BCUT2D eigenvalue weighted by atomic mass is 9.99. The van der Waals surface area contributed by atoms with Crippen LogP contribution in [0.2, 0.25) is 0 Å². The van der Waals surface area contributed by atoms with E-state index >= 15 is 0 Å². The van der Waals surface area contributed by atoms with E-state index in [2.05, 4.69) is 27.7 Å². The molecular formula is C53H102O6. The fourth-order valence-corrected chi connectivity index (χ4v) is 8.01. The van der Waals surface area contributed by atoms with Crippen molar-refractivity contribution in [1.82, 2.24) is 0 Å². The summed E-state index contributed by atoms with van der Waals surface area (Å²) in [6.45, 7) is 9.02. The highest BCUT2D eigenvalue weighted by atomic mass is 16.6. The van der Waals surface area contributed by atoms with Gasteiger partial charge in [-0.25, -0.2) is 0 Å². The molecule has 0 aliphatic rings. The van der Waals surface area contributed by atoms with Crippen LogP contribution in [0.3, 0.4) is 0 Å². The molecule has 2 atom stereocenters. The third-order valence-electron chi connectivity index (χ3n) is 12.4. The van der Waals surface area contributed by atoms with Gasteiger partial charge in [0.15, 0.2) is 6.10 Å². The Balaban J connectivity index is 4.23. The van der Waals surface area contributed by atoms with Gasteiger partial charge in [0.05, 0.1) is 0 Å². The van der Waals surface area contributed by atoms with E-state index in [1.165, 1.54) is 193 Å². The summed E-state index contributed by atoms with van der Waals surface area (Å²) in [4.78, 5) is 37.9. The first-order chi connectivity index (χ1) is 28.9. The van der Waals surface area contributed by atoms with Crippen molar-refractivity contribution in [1.29, 1.82) is 0 Å². The van der Waals surface area contributed by atoms with Crippen molar-refractivity contribution in [3.63, 3.8) is 0 Å². The topological polar surface area (TPSA) is 78.9 Å². The zero-order valence-electron chi connectivity index (χ0n) is 40.2. The quantitative estimate of drug-likeness (QED) is 0.0345. The minimum atomic E-state index is -0.761. The van der Waals surface area contributed by atoms with Gasteiger partial charge in [0, 0.05) is 19.3 Å². The minimum absolute atomic E-state index is 0.0632. The van der Waals surface area contributed by atoms with Crippen LogP contribution in [0.25, 0.3) is 0 Å². The third-order valence-corrected chi connectivity index (χ3v) is 12.4. The second-order valence-corrected chi connectivity index (χ2v) is 18.4. The van der Waals surface area contributed by atoms with E-state index < -0.39 is 6.10 Å². The maximum atomic E-state index is 12.8. The Kier molecular flexibility index (Phi) is 46.2. The summed E-state index contributed by atoms with van der Waals surface area (Å²) >= 11 is 0. The second kappa shape index (κ2) is 47.5. The number of ether oxygens (including phenoxy) is 3. The third kappa shape index (κ3) is 45.8. The molecule has 0 saturated heterocycles. The molecule has 0 radical (unpaired) electrons. The maximum absolute atomic E-state index is 12.8. The van der Waals surface area contributed by atoms with Crippen LogP contribution in [0, 0.1) is 5.92 Å². The number of carbonyl (C=O) groups excluding carboxylic acids is 3. The molecule has 0 aliphatic carbocycles. The van der Waals surface area contributed by atoms with Crippen molar-refractivity contribution in [3.8, 4) is 0 Å². The molecule has 0 bridgehead atoms. The number of unbranched alkanes of at least 4 members (excludes halogenated alkanes) is 34. The predicted octanol–water partition coefficient (Wildman–Crippen LogP) is 17.1. The zero-order valence-corrected chi connectivity index (χ0v) is 40.2. The Bertz CT molecular complexity index is 889. The summed E-state index contributed by atoms with van der Waals surface area (Å²) in [6, 6.07) is 0. The standard InChI is InChI=1S/C53H102O6/c1-5-8-10-12-14-16-18-19-20-21-22-23-24-25-26-28-33-37-41-45-52(55)58-48-50(47-57-51(54)44-40-36-32-27-17-15-13-11-9-6-2)59-53(56)46-42-38-34-30-29-31-35-39-43-49(4)7-3/h49-50H,5-48H2,1-4H3/t49?,50-/m0/s1. The lowest BCUT2D eigenvalue weighted by Crippen LogP contribution is -2.30. The fourth-order valence-electron chi connectivity index (χ4n) is 8.01. The zero-order chi connectivity index (χ0) is 43.1. The van der Waals surface area contributed by atoms with Crippen LogP contribution in [-0.4, -0.2) is 37.2 Å². The average Bonchev–Trinajstić information content (AvgIpc) is 3.23. The molecule has 0 aromatic heterocycles. The van der Waals surface area contributed by atoms with Gasteiger partial charge in [-0.15, -0.1) is 0 Å². The second-order valence-electron chi connectivity index (χ2n) is 18.4. The van der Waals surface area contributed by atoms with Gasteiger partial charge in [-0.05, 0) is 25.2 Å². The highest BCUT2D eigenvalue weighted by molar-refractivity contribution is 5.71. The monoisotopic (exact) mass is 835 g/mol. The number of esters is 3. The molecule has 0 rings (SSSR count). The molecule has 0 fully saturated rings. The highest BCUT2D eigenvalue weighted by Crippen LogP contribution is 2.18. The molecule has 0 heterocycles. The van der Waals surface area contributed by atoms with Gasteiger partial charge < -0.3 is 14.2 Å². The molecule has 59 heavy (non-hydrogen) atoms. The summed E-state index contributed by atoms with van der Waals surface area (Å²) in [5.41, 5.74) is 0. The number of carbonyl (C=O) groups is 3. The molecular weight excluding hydrogens is 733 g/mol. The molecule has 0 aromatic rings. The van der Waals surface area contributed by atoms with Gasteiger partial charge in [-0.1, -0.05) is 259 Å². The minimum Gasteiger partial charge on any atom is -0.462 e. The van der Waals surface area contributed by atoms with Gasteiger partial charge in [-0.3, -0.25) is 14.4 Å². The summed E-state index contributed by atoms with van der Waals surface area (Å²) < 4.78 is 16.8. The fraction of sp³-hybridized carbons (Fsp3) is 0.943. The molecule has 0 saturated carbocycles. The van der Waals surface area contributed by atoms with Crippen molar-refractivity contribution < 1.29 is 28.6 Å². The van der Waals surface area contributed by atoms with Gasteiger partial charge in [-0.2, -0.15) is 0 Å². The predicted molar refractivity (Wildman–Crippen MR) is 252 cm³/mol. The molecule has 0 amide bonds. The van der Waals surface area contributed by atoms with Gasteiger partial charge in [0.1, 0.15) is 13.2 Å². The van der Waals surface area contributed by atoms with Gasteiger partial charge in [0.2, 0.25) is 0 Å². The van der Waals surface area contributed by atoms with E-state index in [4.69, 9.17) is 14.2 Å². The van der Waals surface area contributed by atoms with Crippen molar-refractivity contribution >= 4 is 17.9 Å². The number of hydrogen-bond donors (Lipinski definition) is 0. The average molecular weight is 835 g/mol. The lowest BCUT2D eigenvalue weighted by molar-refractivity contribution is -0.167. The molecule has 6 nitrogen and oxygen atoms in total. The van der Waals surface area contributed by atoms with Crippen LogP contribution >= 0.6 is 0 Å². The summed E-state index contributed by atoms with van der Waals surface area (Å²) in [7, 11) is 0. The van der Waals surface area contributed by atoms with Crippen LogP contribution in [0.15, 0.2) is 0 Å². The van der Waals surface area contributed by atoms with Crippen LogP contribution in [0.5, 0.6) is 0 Å². The van der Waals surface area contributed by atoms with Crippen LogP contribution in [0.1, 0.15) is 297 Å². The van der Waals surface area contributed by atoms with E-state index in [1.54, 1.807) is 0 Å². The maximum Gasteiger partial charge on any atom is 0.306 e. The molecule has 0 aromatic carbocycles. The normalized spacial score (nSPS) is 12.4. The first-order valence-electron chi connectivity index (χ1n) is 26.4. The van der Waals surface area contributed by atoms with Crippen LogP contribution in [0.4, 0.5) is 0 Å². The van der Waals surface area contributed by atoms with E-state index in [9.17, 15) is 14.4 Å². The summed E-state index contributed by atoms with van der Waals surface area (Å²) in [5.74, 6) is -0.00262. The smallest absolute Gasteiger partial charge is 0.306 e. The first-order valence-corrected chi connectivity index (χ1v) is 26.4. The van der Waals surface area contributed by atoms with Crippen LogP contribution < -0.4 is 0 Å². The van der Waals surface area contributed by atoms with Gasteiger partial charge in [0.25, 0.3) is 0 Å². The van der Waals surface area contributed by atoms with E-state index in [0.717, 1.165) is 63.7 Å². The molecule has 1 unspecified atom stereocenters. The summed E-state index contributed by atoms with van der Waals surface area (Å²) in [5, 5.41) is 0. The van der Waals surface area contributed by atoms with E-state index in [-0.39, 0.29) is 31.1 Å². The Morgan fingerprint density at radius 2 is 0.593 bits per heavy atom. The van der Waals surface area contributed by atoms with Crippen molar-refractivity contribution in [2.24, 2.45) is 5.92 Å². The number of hydrogen-bond acceptors (Lipinski definition) is 6. The summed E-state index contributed by atoms with van der Waals surface area (Å²) in [6.07, 6.45) is 49.5. The molecule has 6 heteroatoms. The Morgan fingerprint density at radius 3 is 0.881 bits per heavy atom. The molecule has 0 spiro atoms. The largest absolute Gasteiger partial charge is 0.462 e. The Hall–Kier alpha value is -1.59.